The topological polar surface area (TPSA) is 69.7 Å². The third-order valence-electron chi connectivity index (χ3n) is 2.68. The van der Waals surface area contributed by atoms with Gasteiger partial charge in [-0.05, 0) is 42.9 Å². The molecule has 0 N–H and O–H groups in total. The molecule has 0 bridgehead atoms. The molecule has 0 aromatic carbocycles. The van der Waals surface area contributed by atoms with Crippen LogP contribution in [0, 0.1) is 5.92 Å². The van der Waals surface area contributed by atoms with Gasteiger partial charge in [0.15, 0.2) is 0 Å². The summed E-state index contributed by atoms with van der Waals surface area (Å²) in [4.78, 5) is 12.9. The number of likely N-dealkylation sites (tertiary alicyclic amines) is 1. The van der Waals surface area contributed by atoms with Crippen LogP contribution in [0.2, 0.25) is 0 Å². The molecule has 1 saturated heterocycles. The Morgan fingerprint density at radius 1 is 1.53 bits per heavy atom. The van der Waals surface area contributed by atoms with Crippen molar-refractivity contribution in [1.29, 1.82) is 0 Å². The number of carbonyl (C=O) groups is 1. The molecule has 1 heterocycles. The van der Waals surface area contributed by atoms with Gasteiger partial charge in [0.05, 0.1) is 13.0 Å². The van der Waals surface area contributed by atoms with Gasteiger partial charge in [-0.3, -0.25) is 13.9 Å². The van der Waals surface area contributed by atoms with Crippen molar-refractivity contribution in [2.75, 3.05) is 26.1 Å². The van der Waals surface area contributed by atoms with E-state index >= 15 is 0 Å². The summed E-state index contributed by atoms with van der Waals surface area (Å²) in [5.41, 5.74) is 0. The van der Waals surface area contributed by atoms with Crippen LogP contribution >= 0.6 is 0 Å². The lowest BCUT2D eigenvalue weighted by atomic mass is 9.94. The molecule has 6 heteroatoms. The van der Waals surface area contributed by atoms with Crippen LogP contribution in [-0.2, 0) is 20.6 Å². The summed E-state index contributed by atoms with van der Waals surface area (Å²) >= 11 is -2.00. The van der Waals surface area contributed by atoms with E-state index in [1.807, 2.05) is 4.90 Å². The molecule has 5 nitrogen and oxygen atoms in total. The summed E-state index contributed by atoms with van der Waals surface area (Å²) in [6.45, 7) is 1.49. The Morgan fingerprint density at radius 3 is 2.60 bits per heavy atom. The van der Waals surface area contributed by atoms with Gasteiger partial charge in [0, 0.05) is 6.42 Å². The third kappa shape index (κ3) is 4.72. The second kappa shape index (κ2) is 6.19. The first-order chi connectivity index (χ1) is 7.11. The van der Waals surface area contributed by atoms with Crippen LogP contribution in [0.3, 0.4) is 0 Å². The number of rotatable bonds is 4. The third-order valence-corrected chi connectivity index (χ3v) is 3.25. The largest absolute Gasteiger partial charge is 0.771 e. The summed E-state index contributed by atoms with van der Waals surface area (Å²) < 4.78 is 25.5. The molecule has 0 aromatic heterocycles. The minimum absolute atomic E-state index is 0.102. The van der Waals surface area contributed by atoms with Gasteiger partial charge >= 0.3 is 5.97 Å². The number of hydrogen-bond acceptors (Lipinski definition) is 5. The minimum atomic E-state index is -2.00. The van der Waals surface area contributed by atoms with E-state index < -0.39 is 11.1 Å². The highest BCUT2D eigenvalue weighted by Gasteiger charge is 2.21. The molecule has 1 aliphatic heterocycles. The average Bonchev–Trinajstić information content (AvgIpc) is 2.20. The van der Waals surface area contributed by atoms with Gasteiger partial charge < -0.3 is 9.29 Å². The normalized spacial score (nSPS) is 21.2. The monoisotopic (exact) mass is 234 g/mol. The Kier molecular flexibility index (Phi) is 5.21. The van der Waals surface area contributed by atoms with E-state index in [0.717, 1.165) is 25.9 Å². The number of hydrogen-bond donors (Lipinski definition) is 0. The predicted octanol–water partition coefficient (Wildman–Crippen LogP) is 0.0981. The quantitative estimate of drug-likeness (QED) is 0.509. The van der Waals surface area contributed by atoms with Crippen molar-refractivity contribution in [1.82, 2.24) is 4.90 Å². The molecule has 0 aliphatic carbocycles. The number of nitrogens with zero attached hydrogens (tertiary/aromatic N) is 1. The Morgan fingerprint density at radius 2 is 2.13 bits per heavy atom. The fraction of sp³-hybridized carbons (Fsp3) is 0.889. The van der Waals surface area contributed by atoms with Crippen molar-refractivity contribution < 1.29 is 18.3 Å². The molecule has 1 atom stereocenters. The predicted molar refractivity (Wildman–Crippen MR) is 54.7 cm³/mol. The van der Waals surface area contributed by atoms with Gasteiger partial charge in [-0.2, -0.15) is 0 Å². The second-order valence-corrected chi connectivity index (χ2v) is 4.64. The first-order valence-electron chi connectivity index (χ1n) is 4.97. The fourth-order valence-electron chi connectivity index (χ4n) is 1.79. The van der Waals surface area contributed by atoms with Crippen molar-refractivity contribution in [2.45, 2.75) is 19.3 Å². The molecule has 1 aliphatic rings. The second-order valence-electron chi connectivity index (χ2n) is 3.77. The lowest BCUT2D eigenvalue weighted by molar-refractivity contribution is -0.142. The molecule has 88 valence electrons. The zero-order valence-electron chi connectivity index (χ0n) is 8.81. The first-order valence-corrected chi connectivity index (χ1v) is 6.21. The smallest absolute Gasteiger partial charge is 0.305 e. The minimum Gasteiger partial charge on any atom is -0.771 e. The summed E-state index contributed by atoms with van der Waals surface area (Å²) in [6, 6.07) is 0. The van der Waals surface area contributed by atoms with Gasteiger partial charge in [0.2, 0.25) is 0 Å². The molecule has 0 radical (unpaired) electrons. The standard InChI is InChI=1S/C9H17NO4S/c1-14-9(11)6-8-2-4-10(5-3-8)7-15(12)13/h8H,2-7H2,1H3,(H,12,13)/p-1. The lowest BCUT2D eigenvalue weighted by Crippen LogP contribution is -2.36. The summed E-state index contributed by atoms with van der Waals surface area (Å²) in [5, 5.41) is 0. The van der Waals surface area contributed by atoms with Crippen molar-refractivity contribution in [3.63, 3.8) is 0 Å². The van der Waals surface area contributed by atoms with Crippen molar-refractivity contribution in [3.8, 4) is 0 Å². The maximum absolute atomic E-state index is 11.0. The van der Waals surface area contributed by atoms with Crippen LogP contribution in [-0.4, -0.2) is 45.7 Å². The van der Waals surface area contributed by atoms with Gasteiger partial charge in [-0.15, -0.1) is 0 Å². The van der Waals surface area contributed by atoms with Crippen LogP contribution in [0.25, 0.3) is 0 Å². The highest BCUT2D eigenvalue weighted by molar-refractivity contribution is 7.79. The molecule has 15 heavy (non-hydrogen) atoms. The van der Waals surface area contributed by atoms with Crippen LogP contribution in [0.4, 0.5) is 0 Å². The molecule has 0 amide bonds. The van der Waals surface area contributed by atoms with Crippen molar-refractivity contribution in [3.05, 3.63) is 0 Å². The maximum atomic E-state index is 11.0. The number of methoxy groups -OCH3 is 1. The number of esters is 1. The van der Waals surface area contributed by atoms with Crippen LogP contribution in [0.15, 0.2) is 0 Å². The van der Waals surface area contributed by atoms with Crippen LogP contribution < -0.4 is 0 Å². The van der Waals surface area contributed by atoms with Crippen LogP contribution in [0.5, 0.6) is 0 Å². The Bertz CT molecular complexity index is 238. The van der Waals surface area contributed by atoms with Gasteiger partial charge in [0.25, 0.3) is 0 Å². The highest BCUT2D eigenvalue weighted by atomic mass is 32.2. The van der Waals surface area contributed by atoms with E-state index in [2.05, 4.69) is 4.74 Å². The maximum Gasteiger partial charge on any atom is 0.305 e. The van der Waals surface area contributed by atoms with E-state index in [-0.39, 0.29) is 11.8 Å². The SMILES string of the molecule is COC(=O)CC1CCN(CS(=O)[O-])CC1. The fourth-order valence-corrected chi connectivity index (χ4v) is 2.34. The van der Waals surface area contributed by atoms with Gasteiger partial charge in [-0.25, -0.2) is 0 Å². The number of ether oxygens (including phenoxy) is 1. The molecule has 0 spiro atoms. The average molecular weight is 234 g/mol. The Labute approximate surface area is 92.1 Å². The van der Waals surface area contributed by atoms with Crippen molar-refractivity contribution in [2.24, 2.45) is 5.92 Å². The van der Waals surface area contributed by atoms with E-state index in [4.69, 9.17) is 0 Å². The molecule has 1 rings (SSSR count). The molecule has 0 aromatic rings. The van der Waals surface area contributed by atoms with E-state index in [0.29, 0.717) is 12.3 Å². The van der Waals surface area contributed by atoms with Crippen LogP contribution in [0.1, 0.15) is 19.3 Å². The van der Waals surface area contributed by atoms with Crippen molar-refractivity contribution >= 4 is 17.0 Å². The first kappa shape index (κ1) is 12.6. The summed E-state index contributed by atoms with van der Waals surface area (Å²) in [5.74, 6) is 0.264. The zero-order valence-corrected chi connectivity index (χ0v) is 9.62. The van der Waals surface area contributed by atoms with E-state index in [1.165, 1.54) is 7.11 Å². The molecular weight excluding hydrogens is 218 g/mol. The summed E-state index contributed by atoms with van der Waals surface area (Å²) in [7, 11) is 1.39. The summed E-state index contributed by atoms with van der Waals surface area (Å²) in [6.07, 6.45) is 2.18. The number of piperidine rings is 1. The molecule has 1 fully saturated rings. The van der Waals surface area contributed by atoms with E-state index in [1.54, 1.807) is 0 Å². The number of carbonyl (C=O) groups excluding carboxylic acids is 1. The molecular formula is C9H16NO4S-. The Hall–Kier alpha value is -0.460. The molecule has 0 saturated carbocycles. The lowest BCUT2D eigenvalue weighted by Gasteiger charge is -2.31. The van der Waals surface area contributed by atoms with E-state index in [9.17, 15) is 13.6 Å². The zero-order chi connectivity index (χ0) is 11.3. The highest BCUT2D eigenvalue weighted by Crippen LogP contribution is 2.20. The van der Waals surface area contributed by atoms with Gasteiger partial charge in [0.1, 0.15) is 0 Å². The Balaban J connectivity index is 2.23. The van der Waals surface area contributed by atoms with Gasteiger partial charge in [-0.1, -0.05) is 0 Å². The molecule has 1 unspecified atom stereocenters.